The third-order valence-electron chi connectivity index (χ3n) is 5.50. The zero-order chi connectivity index (χ0) is 19.6. The van der Waals surface area contributed by atoms with E-state index in [1.165, 1.54) is 0 Å². The zero-order valence-electron chi connectivity index (χ0n) is 16.4. The molecule has 1 aliphatic carbocycles. The molecule has 0 aromatic carbocycles. The Balaban J connectivity index is 1.99. The SMILES string of the molecule is Cc1nn(CC(C)C)c(C)c1CC(=O)N(C)C1CCC(C(F)(F)F)CC1. The first-order valence-corrected chi connectivity index (χ1v) is 9.36. The third-order valence-corrected chi connectivity index (χ3v) is 5.50. The minimum absolute atomic E-state index is 0.0456. The van der Waals surface area contributed by atoms with E-state index >= 15 is 0 Å². The van der Waals surface area contributed by atoms with E-state index in [9.17, 15) is 18.0 Å². The Morgan fingerprint density at radius 1 is 1.23 bits per heavy atom. The second kappa shape index (κ2) is 8.01. The lowest BCUT2D eigenvalue weighted by molar-refractivity contribution is -0.184. The van der Waals surface area contributed by atoms with Gasteiger partial charge in [0.25, 0.3) is 0 Å². The summed E-state index contributed by atoms with van der Waals surface area (Å²) in [4.78, 5) is 14.3. The molecule has 1 heterocycles. The summed E-state index contributed by atoms with van der Waals surface area (Å²) in [6.07, 6.45) is -2.82. The second-order valence-electron chi connectivity index (χ2n) is 7.95. The fourth-order valence-electron chi connectivity index (χ4n) is 3.78. The van der Waals surface area contributed by atoms with Crippen LogP contribution in [0.5, 0.6) is 0 Å². The minimum atomic E-state index is -4.12. The van der Waals surface area contributed by atoms with E-state index in [4.69, 9.17) is 0 Å². The number of aromatic nitrogens is 2. The molecule has 26 heavy (non-hydrogen) atoms. The highest BCUT2D eigenvalue weighted by Gasteiger charge is 2.42. The number of nitrogens with zero attached hydrogens (tertiary/aromatic N) is 3. The Morgan fingerprint density at radius 2 is 1.81 bits per heavy atom. The highest BCUT2D eigenvalue weighted by atomic mass is 19.4. The van der Waals surface area contributed by atoms with Crippen LogP contribution in [0.3, 0.4) is 0 Å². The molecule has 0 unspecified atom stereocenters. The first-order chi connectivity index (χ1) is 12.0. The number of alkyl halides is 3. The van der Waals surface area contributed by atoms with Gasteiger partial charge < -0.3 is 4.90 Å². The molecule has 2 rings (SSSR count). The number of halogens is 3. The van der Waals surface area contributed by atoms with Crippen LogP contribution in [-0.4, -0.2) is 39.9 Å². The van der Waals surface area contributed by atoms with Crippen molar-refractivity contribution in [3.8, 4) is 0 Å². The summed E-state index contributed by atoms with van der Waals surface area (Å²) in [5.74, 6) is -0.806. The predicted molar refractivity (Wildman–Crippen MR) is 94.8 cm³/mol. The van der Waals surface area contributed by atoms with Crippen molar-refractivity contribution >= 4 is 5.91 Å². The monoisotopic (exact) mass is 373 g/mol. The summed E-state index contributed by atoms with van der Waals surface area (Å²) in [6.45, 7) is 8.91. The molecule has 1 fully saturated rings. The Hall–Kier alpha value is -1.53. The highest BCUT2D eigenvalue weighted by Crippen LogP contribution is 2.38. The topological polar surface area (TPSA) is 38.1 Å². The number of likely N-dealkylation sites (N-methyl/N-ethyl adjacent to an activating group) is 1. The fraction of sp³-hybridized carbons (Fsp3) is 0.789. The molecular weight excluding hydrogens is 343 g/mol. The number of carbonyl (C=O) groups is 1. The molecule has 0 saturated heterocycles. The number of aryl methyl sites for hydroxylation is 1. The number of amides is 1. The van der Waals surface area contributed by atoms with E-state index in [-0.39, 0.29) is 31.2 Å². The second-order valence-corrected chi connectivity index (χ2v) is 7.95. The van der Waals surface area contributed by atoms with Gasteiger partial charge in [0.05, 0.1) is 18.0 Å². The maximum atomic E-state index is 12.8. The van der Waals surface area contributed by atoms with Crippen molar-refractivity contribution in [2.45, 2.75) is 78.6 Å². The van der Waals surface area contributed by atoms with Gasteiger partial charge in [0.15, 0.2) is 0 Å². The lowest BCUT2D eigenvalue weighted by atomic mass is 9.85. The van der Waals surface area contributed by atoms with Crippen LogP contribution in [0, 0.1) is 25.7 Å². The number of hydrogen-bond donors (Lipinski definition) is 0. The van der Waals surface area contributed by atoms with E-state index in [0.29, 0.717) is 18.8 Å². The van der Waals surface area contributed by atoms with E-state index in [1.807, 2.05) is 18.5 Å². The lowest BCUT2D eigenvalue weighted by Crippen LogP contribution is -2.42. The summed E-state index contributed by atoms with van der Waals surface area (Å²) >= 11 is 0. The maximum Gasteiger partial charge on any atom is 0.391 e. The van der Waals surface area contributed by atoms with Crippen molar-refractivity contribution in [1.29, 1.82) is 0 Å². The first-order valence-electron chi connectivity index (χ1n) is 9.36. The van der Waals surface area contributed by atoms with E-state index in [0.717, 1.165) is 23.5 Å². The minimum Gasteiger partial charge on any atom is -0.342 e. The van der Waals surface area contributed by atoms with Crippen LogP contribution in [0.15, 0.2) is 0 Å². The van der Waals surface area contributed by atoms with Gasteiger partial charge in [0, 0.05) is 30.9 Å². The Morgan fingerprint density at radius 3 is 2.31 bits per heavy atom. The molecule has 1 aromatic rings. The number of carbonyl (C=O) groups excluding carboxylic acids is 1. The van der Waals surface area contributed by atoms with Crippen molar-refractivity contribution < 1.29 is 18.0 Å². The van der Waals surface area contributed by atoms with Crippen molar-refractivity contribution in [2.24, 2.45) is 11.8 Å². The molecule has 0 atom stereocenters. The summed E-state index contributed by atoms with van der Waals surface area (Å²) in [5, 5.41) is 4.53. The molecular formula is C19H30F3N3O. The molecule has 0 spiro atoms. The van der Waals surface area contributed by atoms with Gasteiger partial charge >= 0.3 is 6.18 Å². The molecule has 0 N–H and O–H groups in total. The van der Waals surface area contributed by atoms with Gasteiger partial charge in [-0.15, -0.1) is 0 Å². The van der Waals surface area contributed by atoms with Crippen LogP contribution < -0.4 is 0 Å². The molecule has 0 aliphatic heterocycles. The van der Waals surface area contributed by atoms with Gasteiger partial charge in [-0.05, 0) is 45.4 Å². The number of rotatable bonds is 5. The first kappa shape index (κ1) is 20.8. The van der Waals surface area contributed by atoms with E-state index < -0.39 is 12.1 Å². The molecule has 4 nitrogen and oxygen atoms in total. The smallest absolute Gasteiger partial charge is 0.342 e. The summed E-state index contributed by atoms with van der Waals surface area (Å²) in [6, 6.07) is -0.104. The van der Waals surface area contributed by atoms with Crippen LogP contribution in [-0.2, 0) is 17.8 Å². The maximum absolute atomic E-state index is 12.8. The number of hydrogen-bond acceptors (Lipinski definition) is 2. The van der Waals surface area contributed by atoms with Crippen LogP contribution in [0.1, 0.15) is 56.5 Å². The normalized spacial score (nSPS) is 21.3. The molecule has 1 amide bonds. The van der Waals surface area contributed by atoms with Gasteiger partial charge in [-0.25, -0.2) is 0 Å². The standard InChI is InChI=1S/C19H30F3N3O/c1-12(2)11-25-14(4)17(13(3)23-25)10-18(26)24(5)16-8-6-15(7-9-16)19(20,21)22/h12,15-16H,6-11H2,1-5H3. The summed E-state index contributed by atoms with van der Waals surface area (Å²) in [7, 11) is 1.71. The van der Waals surface area contributed by atoms with Crippen LogP contribution in [0.25, 0.3) is 0 Å². The third kappa shape index (κ3) is 4.80. The average molecular weight is 373 g/mol. The predicted octanol–water partition coefficient (Wildman–Crippen LogP) is 4.28. The van der Waals surface area contributed by atoms with Gasteiger partial charge in [-0.2, -0.15) is 18.3 Å². The molecule has 0 radical (unpaired) electrons. The molecule has 0 bridgehead atoms. The summed E-state index contributed by atoms with van der Waals surface area (Å²) < 4.78 is 40.4. The van der Waals surface area contributed by atoms with Crippen molar-refractivity contribution in [1.82, 2.24) is 14.7 Å². The summed E-state index contributed by atoms with van der Waals surface area (Å²) in [5.41, 5.74) is 2.79. The molecule has 148 valence electrons. The molecule has 1 aliphatic rings. The van der Waals surface area contributed by atoms with Gasteiger partial charge in [0.1, 0.15) is 0 Å². The van der Waals surface area contributed by atoms with E-state index in [1.54, 1.807) is 11.9 Å². The van der Waals surface area contributed by atoms with Gasteiger partial charge in [-0.1, -0.05) is 13.8 Å². The zero-order valence-corrected chi connectivity index (χ0v) is 16.4. The molecule has 1 aromatic heterocycles. The van der Waals surface area contributed by atoms with Crippen LogP contribution >= 0.6 is 0 Å². The Bertz CT molecular complexity index is 629. The van der Waals surface area contributed by atoms with E-state index in [2.05, 4.69) is 18.9 Å². The van der Waals surface area contributed by atoms with Crippen molar-refractivity contribution in [2.75, 3.05) is 7.05 Å². The molecule has 7 heteroatoms. The van der Waals surface area contributed by atoms with Crippen LogP contribution in [0.4, 0.5) is 13.2 Å². The average Bonchev–Trinajstić information content (AvgIpc) is 2.80. The Kier molecular flexibility index (Phi) is 6.40. The fourth-order valence-corrected chi connectivity index (χ4v) is 3.78. The highest BCUT2D eigenvalue weighted by molar-refractivity contribution is 5.79. The quantitative estimate of drug-likeness (QED) is 0.773. The van der Waals surface area contributed by atoms with Gasteiger partial charge in [-0.3, -0.25) is 9.48 Å². The Labute approximate surface area is 153 Å². The van der Waals surface area contributed by atoms with Crippen molar-refractivity contribution in [3.05, 3.63) is 17.0 Å². The van der Waals surface area contributed by atoms with Gasteiger partial charge in [0.2, 0.25) is 5.91 Å². The largest absolute Gasteiger partial charge is 0.391 e. The van der Waals surface area contributed by atoms with Crippen LogP contribution in [0.2, 0.25) is 0 Å². The van der Waals surface area contributed by atoms with Crippen molar-refractivity contribution in [3.63, 3.8) is 0 Å². The lowest BCUT2D eigenvalue weighted by Gasteiger charge is -2.35. The molecule has 1 saturated carbocycles.